The highest BCUT2D eigenvalue weighted by Crippen LogP contribution is 2.29. The monoisotopic (exact) mass is 463 g/mol. The van der Waals surface area contributed by atoms with E-state index in [2.05, 4.69) is 14.9 Å². The molecule has 4 rings (SSSR count). The minimum absolute atomic E-state index is 0.0535. The second-order valence-corrected chi connectivity index (χ2v) is 8.52. The Morgan fingerprint density at radius 1 is 1.03 bits per heavy atom. The number of para-hydroxylation sites is 1. The Kier molecular flexibility index (Phi) is 5.96. The number of nitro groups is 1. The molecule has 166 valence electrons. The van der Waals surface area contributed by atoms with Gasteiger partial charge in [0.25, 0.3) is 21.6 Å². The number of hydrogen-bond donors (Lipinski definition) is 1. The molecule has 0 radical (unpaired) electrons. The molecule has 1 aliphatic heterocycles. The fourth-order valence-electron chi connectivity index (χ4n) is 3.22. The summed E-state index contributed by atoms with van der Waals surface area (Å²) in [7, 11) is -3.87. The molecular weight excluding hydrogens is 446 g/mol. The van der Waals surface area contributed by atoms with Crippen molar-refractivity contribution in [1.29, 1.82) is 0 Å². The summed E-state index contributed by atoms with van der Waals surface area (Å²) in [4.78, 5) is 24.4. The summed E-state index contributed by atoms with van der Waals surface area (Å²) in [6, 6.07) is 20.9. The smallest absolute Gasteiger partial charge is 0.285 e. The van der Waals surface area contributed by atoms with Crippen LogP contribution < -0.4 is 10.3 Å². The first kappa shape index (κ1) is 21.8. The molecule has 0 unspecified atom stereocenters. The lowest BCUT2D eigenvalue weighted by atomic mass is 10.1. The molecule has 10 nitrogen and oxygen atoms in total. The zero-order valence-electron chi connectivity index (χ0n) is 17.0. The molecular formula is C22H17N5O5S. The van der Waals surface area contributed by atoms with Gasteiger partial charge >= 0.3 is 0 Å². The van der Waals surface area contributed by atoms with Gasteiger partial charge in [-0.25, -0.2) is 5.43 Å². The van der Waals surface area contributed by atoms with Crippen molar-refractivity contribution >= 4 is 39.4 Å². The van der Waals surface area contributed by atoms with Crippen LogP contribution in [0.25, 0.3) is 0 Å². The topological polar surface area (TPSA) is 134 Å². The first-order valence-electron chi connectivity index (χ1n) is 9.68. The van der Waals surface area contributed by atoms with E-state index in [0.29, 0.717) is 16.8 Å². The number of hydrogen-bond acceptors (Lipinski definition) is 7. The van der Waals surface area contributed by atoms with E-state index in [9.17, 15) is 23.3 Å². The first-order chi connectivity index (χ1) is 15.8. The molecule has 3 aromatic carbocycles. The van der Waals surface area contributed by atoms with Gasteiger partial charge in [-0.1, -0.05) is 30.3 Å². The van der Waals surface area contributed by atoms with E-state index in [1.54, 1.807) is 48.5 Å². The van der Waals surface area contributed by atoms with Crippen molar-refractivity contribution in [1.82, 2.24) is 5.43 Å². The van der Waals surface area contributed by atoms with Crippen LogP contribution in [0.1, 0.15) is 11.1 Å². The number of carbonyl (C=O) groups is 1. The maximum atomic E-state index is 12.6. The van der Waals surface area contributed by atoms with Gasteiger partial charge in [0.1, 0.15) is 11.4 Å². The van der Waals surface area contributed by atoms with Crippen molar-refractivity contribution in [3.8, 4) is 0 Å². The molecule has 1 aliphatic rings. The van der Waals surface area contributed by atoms with Gasteiger partial charge < -0.3 is 4.90 Å². The highest BCUT2D eigenvalue weighted by atomic mass is 32.2. The molecule has 0 atom stereocenters. The van der Waals surface area contributed by atoms with Gasteiger partial charge in [-0.15, -0.1) is 4.40 Å². The van der Waals surface area contributed by atoms with Gasteiger partial charge in [0.05, 0.1) is 11.1 Å². The van der Waals surface area contributed by atoms with Crippen molar-refractivity contribution < 1.29 is 18.1 Å². The standard InChI is InChI=1S/C22H17N5O5S/c28-21(24-23-14-16-10-12-18(13-11-16)27(29)30)15-26(17-6-2-1-3-7-17)22-19-8-4-5-9-20(19)33(31,32)25-22/h1-14H,15H2,(H,24,28)/b23-14-. The van der Waals surface area contributed by atoms with E-state index < -0.39 is 20.9 Å². The van der Waals surface area contributed by atoms with Crippen LogP contribution in [0, 0.1) is 10.1 Å². The van der Waals surface area contributed by atoms with E-state index in [1.807, 2.05) is 0 Å². The number of amidine groups is 1. The lowest BCUT2D eigenvalue weighted by molar-refractivity contribution is -0.384. The Labute approximate surface area is 189 Å². The van der Waals surface area contributed by atoms with Crippen molar-refractivity contribution in [2.75, 3.05) is 11.4 Å². The summed E-state index contributed by atoms with van der Waals surface area (Å²) < 4.78 is 28.9. The number of carbonyl (C=O) groups excluding carboxylic acids is 1. The number of sulfonamides is 1. The highest BCUT2D eigenvalue weighted by molar-refractivity contribution is 7.90. The van der Waals surface area contributed by atoms with E-state index in [4.69, 9.17) is 0 Å². The largest absolute Gasteiger partial charge is 0.316 e. The molecule has 3 aromatic rings. The molecule has 1 heterocycles. The van der Waals surface area contributed by atoms with Crippen molar-refractivity contribution in [3.63, 3.8) is 0 Å². The Hall–Kier alpha value is -4.38. The molecule has 33 heavy (non-hydrogen) atoms. The maximum absolute atomic E-state index is 12.6. The number of benzene rings is 3. The summed E-state index contributed by atoms with van der Waals surface area (Å²) >= 11 is 0. The van der Waals surface area contributed by atoms with Crippen LogP contribution in [-0.4, -0.2) is 37.8 Å². The number of anilines is 1. The van der Waals surface area contributed by atoms with Crippen molar-refractivity contribution in [2.45, 2.75) is 4.90 Å². The Bertz CT molecular complexity index is 1370. The van der Waals surface area contributed by atoms with Crippen molar-refractivity contribution in [3.05, 3.63) is 100 Å². The number of rotatable bonds is 6. The average molecular weight is 463 g/mol. The molecule has 0 fully saturated rings. The third-order valence-electron chi connectivity index (χ3n) is 4.74. The quantitative estimate of drug-likeness (QED) is 0.339. The van der Waals surface area contributed by atoms with Crippen LogP contribution in [0.4, 0.5) is 11.4 Å². The van der Waals surface area contributed by atoms with Crippen LogP contribution in [0.3, 0.4) is 0 Å². The Morgan fingerprint density at radius 2 is 1.70 bits per heavy atom. The lowest BCUT2D eigenvalue weighted by Gasteiger charge is -2.23. The summed E-state index contributed by atoms with van der Waals surface area (Å²) in [5.74, 6) is -0.368. The number of hydrazone groups is 1. The third-order valence-corrected chi connectivity index (χ3v) is 6.07. The van der Waals surface area contributed by atoms with Crippen LogP contribution >= 0.6 is 0 Å². The molecule has 0 aliphatic carbocycles. The fraction of sp³-hybridized carbons (Fsp3) is 0.0455. The molecule has 0 aromatic heterocycles. The van der Waals surface area contributed by atoms with Crippen LogP contribution in [0.5, 0.6) is 0 Å². The second-order valence-electron chi connectivity index (χ2n) is 6.95. The van der Waals surface area contributed by atoms with Gasteiger partial charge in [0.15, 0.2) is 5.84 Å². The maximum Gasteiger partial charge on any atom is 0.285 e. The summed E-state index contributed by atoms with van der Waals surface area (Å²) in [5.41, 5.74) is 3.88. The van der Waals surface area contributed by atoms with Gasteiger partial charge in [0, 0.05) is 23.4 Å². The van der Waals surface area contributed by atoms with Gasteiger partial charge in [-0.05, 0) is 42.0 Å². The van der Waals surface area contributed by atoms with Gasteiger partial charge in [-0.2, -0.15) is 13.5 Å². The first-order valence-corrected chi connectivity index (χ1v) is 11.1. The number of nitrogens with one attached hydrogen (secondary N) is 1. The number of amides is 1. The summed E-state index contributed by atoms with van der Waals surface area (Å²) in [5, 5.41) is 14.6. The van der Waals surface area contributed by atoms with Crippen LogP contribution in [0.15, 0.2) is 93.3 Å². The zero-order chi connectivity index (χ0) is 23.4. The zero-order valence-corrected chi connectivity index (χ0v) is 17.8. The summed E-state index contributed by atoms with van der Waals surface area (Å²) in [6.45, 7) is -0.246. The van der Waals surface area contributed by atoms with Crippen LogP contribution in [0.2, 0.25) is 0 Å². The van der Waals surface area contributed by atoms with E-state index >= 15 is 0 Å². The Morgan fingerprint density at radius 3 is 2.39 bits per heavy atom. The highest BCUT2D eigenvalue weighted by Gasteiger charge is 2.33. The van der Waals surface area contributed by atoms with Gasteiger partial charge in [0.2, 0.25) is 0 Å². The predicted molar refractivity (Wildman–Crippen MR) is 123 cm³/mol. The number of fused-ring (bicyclic) bond motifs is 1. The normalized spacial score (nSPS) is 13.9. The number of nitro benzene ring substituents is 1. The minimum Gasteiger partial charge on any atom is -0.316 e. The van der Waals surface area contributed by atoms with Crippen molar-refractivity contribution in [2.24, 2.45) is 9.50 Å². The summed E-state index contributed by atoms with van der Waals surface area (Å²) in [6.07, 6.45) is 1.35. The molecule has 11 heteroatoms. The third kappa shape index (κ3) is 4.77. The second kappa shape index (κ2) is 9.01. The Balaban J connectivity index is 1.55. The SMILES string of the molecule is O=C(CN(C1=NS(=O)(=O)c2ccccc21)c1ccccc1)N/N=C\c1ccc([N+](=O)[O-])cc1. The molecule has 1 N–H and O–H groups in total. The van der Waals surface area contributed by atoms with Gasteiger partial charge in [-0.3, -0.25) is 14.9 Å². The van der Waals surface area contributed by atoms with E-state index in [1.165, 1.54) is 41.4 Å². The van der Waals surface area contributed by atoms with Crippen LogP contribution in [-0.2, 0) is 14.8 Å². The minimum atomic E-state index is -3.87. The number of nitrogens with zero attached hydrogens (tertiary/aromatic N) is 4. The van der Waals surface area contributed by atoms with E-state index in [0.717, 1.165) is 0 Å². The molecule has 0 bridgehead atoms. The lowest BCUT2D eigenvalue weighted by Crippen LogP contribution is -2.39. The predicted octanol–water partition coefficient (Wildman–Crippen LogP) is 2.70. The molecule has 1 amide bonds. The fourth-order valence-corrected chi connectivity index (χ4v) is 4.43. The molecule has 0 spiro atoms. The average Bonchev–Trinajstić information content (AvgIpc) is 3.09. The molecule has 0 saturated carbocycles. The number of non-ortho nitro benzene ring substituents is 1. The molecule has 0 saturated heterocycles. The van der Waals surface area contributed by atoms with E-state index in [-0.39, 0.29) is 23.0 Å².